The minimum Gasteiger partial charge on any atom is -0.423 e. The lowest BCUT2D eigenvalue weighted by Gasteiger charge is -2.21. The Hall–Kier alpha value is -3.43. The quantitative estimate of drug-likeness (QED) is 0.376. The molecule has 1 aliphatic heterocycles. The van der Waals surface area contributed by atoms with Gasteiger partial charge in [0.25, 0.3) is 5.95 Å². The van der Waals surface area contributed by atoms with E-state index >= 15 is 0 Å². The fourth-order valence-electron chi connectivity index (χ4n) is 3.79. The molecule has 3 heterocycles. The van der Waals surface area contributed by atoms with Crippen molar-refractivity contribution in [3.8, 4) is 5.95 Å². The summed E-state index contributed by atoms with van der Waals surface area (Å²) in [5.41, 5.74) is 4.17. The van der Waals surface area contributed by atoms with Crippen LogP contribution in [0.25, 0.3) is 16.9 Å². The highest BCUT2D eigenvalue weighted by molar-refractivity contribution is 6.61. The van der Waals surface area contributed by atoms with Crippen molar-refractivity contribution in [3.05, 3.63) is 66.0 Å². The molecule has 2 aromatic carbocycles. The maximum absolute atomic E-state index is 9.65. The molecule has 30 heavy (non-hydrogen) atoms. The fraction of sp³-hybridized carbons (Fsp3) is 0.190. The molecule has 0 saturated heterocycles. The van der Waals surface area contributed by atoms with Crippen LogP contribution in [0.4, 0.5) is 11.5 Å². The first kappa shape index (κ1) is 18.6. The second kappa shape index (κ2) is 7.77. The Balaban J connectivity index is 1.58. The largest absolute Gasteiger partial charge is 0.489 e. The molecule has 0 aliphatic carbocycles. The number of fused-ring (bicyclic) bond motifs is 2. The maximum atomic E-state index is 9.65. The lowest BCUT2D eigenvalue weighted by Crippen LogP contribution is -2.30. The zero-order valence-corrected chi connectivity index (χ0v) is 16.3. The molecule has 0 bridgehead atoms. The summed E-state index contributed by atoms with van der Waals surface area (Å²) in [6, 6.07) is 15.5. The van der Waals surface area contributed by atoms with Gasteiger partial charge in [0.05, 0.1) is 23.1 Å². The van der Waals surface area contributed by atoms with Crippen LogP contribution in [0, 0.1) is 0 Å². The molecule has 2 aromatic heterocycles. The van der Waals surface area contributed by atoms with Crippen molar-refractivity contribution in [1.29, 1.82) is 0 Å². The molecule has 0 saturated carbocycles. The smallest absolute Gasteiger partial charge is 0.423 e. The molecule has 0 atom stereocenters. The third-order valence-corrected chi connectivity index (χ3v) is 5.28. The van der Waals surface area contributed by atoms with Gasteiger partial charge >= 0.3 is 7.12 Å². The predicted octanol–water partition coefficient (Wildman–Crippen LogP) is 1.47. The summed E-state index contributed by atoms with van der Waals surface area (Å²) in [4.78, 5) is 9.52. The van der Waals surface area contributed by atoms with Crippen molar-refractivity contribution in [3.63, 3.8) is 0 Å². The van der Waals surface area contributed by atoms with Gasteiger partial charge in [0.1, 0.15) is 0 Å². The molecule has 0 fully saturated rings. The minimum atomic E-state index is -1.57. The van der Waals surface area contributed by atoms with Crippen LogP contribution in [-0.2, 0) is 13.0 Å². The molecule has 4 N–H and O–H groups in total. The summed E-state index contributed by atoms with van der Waals surface area (Å²) >= 11 is 0. The van der Waals surface area contributed by atoms with E-state index in [2.05, 4.69) is 27.9 Å². The summed E-state index contributed by atoms with van der Waals surface area (Å²) in [5.74, 6) is 1.19. The first-order chi connectivity index (χ1) is 14.7. The second-order valence-electron chi connectivity index (χ2n) is 7.27. The van der Waals surface area contributed by atoms with Crippen LogP contribution in [0.15, 0.2) is 54.7 Å². The Kier molecular flexibility index (Phi) is 4.82. The van der Waals surface area contributed by atoms with E-state index in [0.29, 0.717) is 23.3 Å². The monoisotopic (exact) mass is 400 g/mol. The van der Waals surface area contributed by atoms with E-state index in [1.165, 1.54) is 0 Å². The number of hydrogen-bond acceptors (Lipinski definition) is 7. The molecule has 0 spiro atoms. The SMILES string of the molecule is OB(O)c1cccc2c1cnn2-c1nc2c(c(NCc3ccccc3)n1)NCCC2. The highest BCUT2D eigenvalue weighted by atomic mass is 16.4. The summed E-state index contributed by atoms with van der Waals surface area (Å²) in [7, 11) is -1.57. The van der Waals surface area contributed by atoms with E-state index in [-0.39, 0.29) is 0 Å². The lowest BCUT2D eigenvalue weighted by molar-refractivity contribution is 0.426. The number of hydrogen-bond donors (Lipinski definition) is 4. The Labute approximate surface area is 173 Å². The van der Waals surface area contributed by atoms with E-state index in [0.717, 1.165) is 47.7 Å². The highest BCUT2D eigenvalue weighted by Gasteiger charge is 2.21. The van der Waals surface area contributed by atoms with Gasteiger partial charge in [-0.2, -0.15) is 14.8 Å². The maximum Gasteiger partial charge on any atom is 0.489 e. The van der Waals surface area contributed by atoms with Gasteiger partial charge in [-0.15, -0.1) is 0 Å². The molecule has 0 radical (unpaired) electrons. The number of nitrogens with one attached hydrogen (secondary N) is 2. The number of aryl methyl sites for hydroxylation is 1. The van der Waals surface area contributed by atoms with E-state index in [1.807, 2.05) is 24.3 Å². The van der Waals surface area contributed by atoms with Crippen LogP contribution in [0.5, 0.6) is 0 Å². The van der Waals surface area contributed by atoms with Crippen LogP contribution >= 0.6 is 0 Å². The average molecular weight is 400 g/mol. The van der Waals surface area contributed by atoms with Gasteiger partial charge in [-0.3, -0.25) is 0 Å². The standard InChI is InChI=1S/C21H21BN6O2/c29-22(30)16-8-4-10-18-15(16)13-25-28(18)21-26-17-9-5-11-23-19(17)20(27-21)24-12-14-6-2-1-3-7-14/h1-4,6-8,10,13,23,29-30H,5,9,11-12H2,(H,24,26,27). The van der Waals surface area contributed by atoms with Gasteiger partial charge in [0.15, 0.2) is 5.82 Å². The van der Waals surface area contributed by atoms with E-state index < -0.39 is 7.12 Å². The minimum absolute atomic E-state index is 0.404. The molecule has 4 aromatic rings. The Morgan fingerprint density at radius 2 is 1.93 bits per heavy atom. The number of aromatic nitrogens is 4. The highest BCUT2D eigenvalue weighted by Crippen LogP contribution is 2.29. The van der Waals surface area contributed by atoms with Crippen molar-refractivity contribution in [2.24, 2.45) is 0 Å². The summed E-state index contributed by atoms with van der Waals surface area (Å²) < 4.78 is 1.64. The first-order valence-electron chi connectivity index (χ1n) is 9.96. The van der Waals surface area contributed by atoms with Crippen LogP contribution in [0.3, 0.4) is 0 Å². The van der Waals surface area contributed by atoms with E-state index in [1.54, 1.807) is 23.0 Å². The number of rotatable bonds is 5. The number of anilines is 2. The summed E-state index contributed by atoms with van der Waals surface area (Å²) in [6.45, 7) is 1.53. The molecule has 0 unspecified atom stereocenters. The van der Waals surface area contributed by atoms with Crippen LogP contribution in [0.1, 0.15) is 17.7 Å². The van der Waals surface area contributed by atoms with Crippen LogP contribution in [0.2, 0.25) is 0 Å². The van der Waals surface area contributed by atoms with Gasteiger partial charge in [0.2, 0.25) is 0 Å². The van der Waals surface area contributed by atoms with Crippen molar-refractivity contribution < 1.29 is 10.0 Å². The van der Waals surface area contributed by atoms with Gasteiger partial charge in [-0.1, -0.05) is 42.5 Å². The van der Waals surface area contributed by atoms with Gasteiger partial charge < -0.3 is 20.7 Å². The summed E-state index contributed by atoms with van der Waals surface area (Å²) in [5, 5.41) is 31.3. The Morgan fingerprint density at radius 1 is 1.07 bits per heavy atom. The van der Waals surface area contributed by atoms with Crippen LogP contribution < -0.4 is 16.1 Å². The van der Waals surface area contributed by atoms with Crippen molar-refractivity contribution in [2.75, 3.05) is 17.2 Å². The molecule has 150 valence electrons. The predicted molar refractivity (Wildman–Crippen MR) is 117 cm³/mol. The lowest BCUT2D eigenvalue weighted by atomic mass is 9.78. The topological polar surface area (TPSA) is 108 Å². The van der Waals surface area contributed by atoms with E-state index in [4.69, 9.17) is 9.97 Å². The number of benzene rings is 2. The third kappa shape index (κ3) is 3.38. The molecular formula is C21H21BN6O2. The number of nitrogens with zero attached hydrogens (tertiary/aromatic N) is 4. The average Bonchev–Trinajstić information content (AvgIpc) is 3.22. The van der Waals surface area contributed by atoms with Crippen molar-refractivity contribution in [2.45, 2.75) is 19.4 Å². The zero-order valence-electron chi connectivity index (χ0n) is 16.3. The van der Waals surface area contributed by atoms with Gasteiger partial charge in [0, 0.05) is 18.5 Å². The first-order valence-corrected chi connectivity index (χ1v) is 9.96. The Bertz CT molecular complexity index is 1200. The van der Waals surface area contributed by atoms with E-state index in [9.17, 15) is 10.0 Å². The molecule has 8 nitrogen and oxygen atoms in total. The van der Waals surface area contributed by atoms with Gasteiger partial charge in [-0.25, -0.2) is 4.98 Å². The normalized spacial score (nSPS) is 13.0. The zero-order chi connectivity index (χ0) is 20.5. The molecule has 9 heteroatoms. The molecule has 1 aliphatic rings. The fourth-order valence-corrected chi connectivity index (χ4v) is 3.79. The Morgan fingerprint density at radius 3 is 2.77 bits per heavy atom. The summed E-state index contributed by atoms with van der Waals surface area (Å²) in [6.07, 6.45) is 3.47. The van der Waals surface area contributed by atoms with Crippen molar-refractivity contribution in [1.82, 2.24) is 19.7 Å². The third-order valence-electron chi connectivity index (χ3n) is 5.28. The molecule has 0 amide bonds. The molecule has 5 rings (SSSR count). The van der Waals surface area contributed by atoms with Crippen molar-refractivity contribution >= 4 is 35.0 Å². The van der Waals surface area contributed by atoms with Gasteiger partial charge in [-0.05, 0) is 29.9 Å². The van der Waals surface area contributed by atoms with Crippen LogP contribution in [-0.4, -0.2) is 43.5 Å². The second-order valence-corrected chi connectivity index (χ2v) is 7.27. The molecular weight excluding hydrogens is 379 g/mol.